The minimum absolute atomic E-state index is 0.139. The summed E-state index contributed by atoms with van der Waals surface area (Å²) in [6.45, 7) is 3.68. The van der Waals surface area contributed by atoms with Gasteiger partial charge in [-0.1, -0.05) is 16.8 Å². The second-order valence-electron chi connectivity index (χ2n) is 8.00. The maximum atomic E-state index is 13.1. The Bertz CT molecular complexity index is 1170. The normalized spacial score (nSPS) is 16.3. The van der Waals surface area contributed by atoms with Crippen LogP contribution in [0, 0.1) is 11.7 Å². The van der Waals surface area contributed by atoms with Gasteiger partial charge in [-0.25, -0.2) is 9.18 Å². The number of nitrogens with one attached hydrogen (secondary N) is 1. The van der Waals surface area contributed by atoms with E-state index in [9.17, 15) is 14.0 Å². The van der Waals surface area contributed by atoms with Gasteiger partial charge in [0.05, 0.1) is 29.7 Å². The van der Waals surface area contributed by atoms with E-state index in [0.717, 1.165) is 19.4 Å². The molecule has 1 aromatic heterocycles. The summed E-state index contributed by atoms with van der Waals surface area (Å²) < 4.78 is 23.5. The molecule has 1 amide bonds. The second kappa shape index (κ2) is 10.8. The third kappa shape index (κ3) is 5.78. The van der Waals surface area contributed by atoms with Gasteiger partial charge in [-0.2, -0.15) is 4.98 Å². The predicted molar refractivity (Wildman–Crippen MR) is 124 cm³/mol. The van der Waals surface area contributed by atoms with Gasteiger partial charge in [0.25, 0.3) is 0 Å². The van der Waals surface area contributed by atoms with Gasteiger partial charge in [-0.15, -0.1) is 0 Å². The molecular formula is C24H24ClFN4O4. The van der Waals surface area contributed by atoms with Crippen LogP contribution in [-0.2, 0) is 16.1 Å². The first-order valence-corrected chi connectivity index (χ1v) is 11.4. The van der Waals surface area contributed by atoms with E-state index >= 15 is 0 Å². The quantitative estimate of drug-likeness (QED) is 0.489. The van der Waals surface area contributed by atoms with E-state index in [4.69, 9.17) is 20.9 Å². The largest absolute Gasteiger partial charge is 0.462 e. The maximum Gasteiger partial charge on any atom is 0.339 e. The van der Waals surface area contributed by atoms with Crippen LogP contribution in [0.2, 0.25) is 5.02 Å². The molecule has 1 unspecified atom stereocenters. The van der Waals surface area contributed by atoms with Crippen molar-refractivity contribution in [3.63, 3.8) is 0 Å². The smallest absolute Gasteiger partial charge is 0.339 e. The summed E-state index contributed by atoms with van der Waals surface area (Å²) in [4.78, 5) is 31.4. The van der Waals surface area contributed by atoms with Crippen molar-refractivity contribution in [2.75, 3.05) is 25.0 Å². The number of anilines is 1. The van der Waals surface area contributed by atoms with Crippen molar-refractivity contribution in [1.29, 1.82) is 0 Å². The van der Waals surface area contributed by atoms with Crippen LogP contribution in [0.4, 0.5) is 10.1 Å². The van der Waals surface area contributed by atoms with E-state index in [2.05, 4.69) is 20.4 Å². The molecule has 0 radical (unpaired) electrons. The maximum absolute atomic E-state index is 13.1. The Labute approximate surface area is 201 Å². The molecule has 1 aliphatic heterocycles. The molecule has 3 aromatic rings. The van der Waals surface area contributed by atoms with Crippen molar-refractivity contribution in [2.24, 2.45) is 5.92 Å². The summed E-state index contributed by atoms with van der Waals surface area (Å²) in [6.07, 6.45) is 1.58. The van der Waals surface area contributed by atoms with Crippen molar-refractivity contribution in [2.45, 2.75) is 26.3 Å². The lowest BCUT2D eigenvalue weighted by Gasteiger charge is -2.30. The molecular weight excluding hydrogens is 463 g/mol. The molecule has 0 aliphatic carbocycles. The van der Waals surface area contributed by atoms with Crippen molar-refractivity contribution in [1.82, 2.24) is 15.0 Å². The van der Waals surface area contributed by atoms with Gasteiger partial charge in [0, 0.05) is 17.8 Å². The first-order valence-electron chi connectivity index (χ1n) is 11.0. The molecule has 2 heterocycles. The number of esters is 1. The molecule has 2 aromatic carbocycles. The van der Waals surface area contributed by atoms with Crippen LogP contribution in [0.5, 0.6) is 0 Å². The highest BCUT2D eigenvalue weighted by molar-refractivity contribution is 6.33. The third-order valence-corrected chi connectivity index (χ3v) is 5.86. The van der Waals surface area contributed by atoms with Crippen LogP contribution in [0.15, 0.2) is 47.0 Å². The topological polar surface area (TPSA) is 97.6 Å². The zero-order valence-electron chi connectivity index (χ0n) is 18.6. The number of hydrogen-bond donors (Lipinski definition) is 1. The minimum atomic E-state index is -0.535. The zero-order chi connectivity index (χ0) is 24.1. The molecule has 34 heavy (non-hydrogen) atoms. The van der Waals surface area contributed by atoms with E-state index in [1.54, 1.807) is 31.2 Å². The lowest BCUT2D eigenvalue weighted by Crippen LogP contribution is -2.40. The SMILES string of the molecule is CCOC(=O)c1cc(NC(=O)C2CCCN(Cc3nc(-c4ccc(F)cc4)no3)C2)ccc1Cl. The molecule has 0 bridgehead atoms. The number of amides is 1. The van der Waals surface area contributed by atoms with Crippen LogP contribution in [-0.4, -0.2) is 46.6 Å². The Hall–Kier alpha value is -3.30. The number of nitrogens with zero attached hydrogens (tertiary/aromatic N) is 3. The first-order chi connectivity index (χ1) is 16.4. The minimum Gasteiger partial charge on any atom is -0.462 e. The fraction of sp³-hybridized carbons (Fsp3) is 0.333. The van der Waals surface area contributed by atoms with Crippen LogP contribution in [0.25, 0.3) is 11.4 Å². The average Bonchev–Trinajstić information content (AvgIpc) is 3.29. The van der Waals surface area contributed by atoms with Crippen molar-refractivity contribution in [3.05, 3.63) is 64.8 Å². The number of aromatic nitrogens is 2. The summed E-state index contributed by atoms with van der Waals surface area (Å²) in [5, 5.41) is 7.11. The Kier molecular flexibility index (Phi) is 7.54. The van der Waals surface area contributed by atoms with Crippen LogP contribution >= 0.6 is 11.6 Å². The standard InChI is InChI=1S/C24H24ClFN4O4/c1-2-33-24(32)19-12-18(9-10-20(19)25)27-23(31)16-4-3-11-30(13-16)14-21-28-22(29-34-21)15-5-7-17(26)8-6-15/h5-10,12,16H,2-4,11,13-14H2,1H3,(H,27,31). The molecule has 1 aliphatic rings. The summed E-state index contributed by atoms with van der Waals surface area (Å²) in [5.41, 5.74) is 1.35. The molecule has 0 spiro atoms. The predicted octanol–water partition coefficient (Wildman–Crippen LogP) is 4.56. The molecule has 1 fully saturated rings. The lowest BCUT2D eigenvalue weighted by molar-refractivity contribution is -0.121. The number of carbonyl (C=O) groups excluding carboxylic acids is 2. The number of rotatable bonds is 7. The molecule has 0 saturated carbocycles. The zero-order valence-corrected chi connectivity index (χ0v) is 19.3. The van der Waals surface area contributed by atoms with Gasteiger partial charge in [0.15, 0.2) is 0 Å². The van der Waals surface area contributed by atoms with E-state index in [1.165, 1.54) is 18.2 Å². The third-order valence-electron chi connectivity index (χ3n) is 5.53. The van der Waals surface area contributed by atoms with Gasteiger partial charge in [0.1, 0.15) is 5.82 Å². The fourth-order valence-electron chi connectivity index (χ4n) is 3.85. The molecule has 4 rings (SSSR count). The number of hydrogen-bond acceptors (Lipinski definition) is 7. The molecule has 10 heteroatoms. The molecule has 8 nitrogen and oxygen atoms in total. The average molecular weight is 487 g/mol. The van der Waals surface area contributed by atoms with Gasteiger partial charge < -0.3 is 14.6 Å². The molecule has 178 valence electrons. The van der Waals surface area contributed by atoms with E-state index in [-0.39, 0.29) is 34.8 Å². The van der Waals surface area contributed by atoms with E-state index < -0.39 is 5.97 Å². The number of halogens is 2. The van der Waals surface area contributed by atoms with Crippen molar-refractivity contribution in [3.8, 4) is 11.4 Å². The molecule has 1 saturated heterocycles. The Morgan fingerprint density at radius 1 is 1.26 bits per heavy atom. The number of piperidine rings is 1. The highest BCUT2D eigenvalue weighted by Crippen LogP contribution is 2.24. The van der Waals surface area contributed by atoms with Gasteiger partial charge in [0.2, 0.25) is 17.6 Å². The highest BCUT2D eigenvalue weighted by atomic mass is 35.5. The second-order valence-corrected chi connectivity index (χ2v) is 8.40. The van der Waals surface area contributed by atoms with Crippen molar-refractivity contribution >= 4 is 29.2 Å². The number of carbonyl (C=O) groups is 2. The Morgan fingerprint density at radius 2 is 2.06 bits per heavy atom. The number of likely N-dealkylation sites (tertiary alicyclic amines) is 1. The highest BCUT2D eigenvalue weighted by Gasteiger charge is 2.27. The summed E-state index contributed by atoms with van der Waals surface area (Å²) in [7, 11) is 0. The number of ether oxygens (including phenoxy) is 1. The van der Waals surface area contributed by atoms with Crippen LogP contribution < -0.4 is 5.32 Å². The number of benzene rings is 2. The van der Waals surface area contributed by atoms with Gasteiger partial charge in [-0.05, 0) is 68.8 Å². The van der Waals surface area contributed by atoms with Crippen LogP contribution in [0.1, 0.15) is 36.0 Å². The summed E-state index contributed by atoms with van der Waals surface area (Å²) in [5.74, 6) is -0.430. The van der Waals surface area contributed by atoms with E-state index in [1.807, 2.05) is 0 Å². The first kappa shape index (κ1) is 23.8. The fourth-order valence-corrected chi connectivity index (χ4v) is 4.05. The summed E-state index contributed by atoms with van der Waals surface area (Å²) >= 11 is 6.10. The van der Waals surface area contributed by atoms with Crippen LogP contribution in [0.3, 0.4) is 0 Å². The van der Waals surface area contributed by atoms with Crippen molar-refractivity contribution < 1.29 is 23.2 Å². The molecule has 1 N–H and O–H groups in total. The lowest BCUT2D eigenvalue weighted by atomic mass is 9.97. The Balaban J connectivity index is 1.37. The monoisotopic (exact) mass is 486 g/mol. The summed E-state index contributed by atoms with van der Waals surface area (Å²) in [6, 6.07) is 10.6. The Morgan fingerprint density at radius 3 is 2.82 bits per heavy atom. The molecule has 1 atom stereocenters. The van der Waals surface area contributed by atoms with Gasteiger partial charge in [-0.3, -0.25) is 9.69 Å². The van der Waals surface area contributed by atoms with E-state index in [0.29, 0.717) is 36.1 Å². The van der Waals surface area contributed by atoms with Gasteiger partial charge >= 0.3 is 5.97 Å².